The van der Waals surface area contributed by atoms with Crippen molar-refractivity contribution in [3.8, 4) is 0 Å². The van der Waals surface area contributed by atoms with Crippen molar-refractivity contribution in [2.45, 2.75) is 25.9 Å². The largest absolute Gasteiger partial charge is 0.459 e. The van der Waals surface area contributed by atoms with Crippen molar-refractivity contribution in [3.63, 3.8) is 0 Å². The molecule has 104 valence electrons. The average molecular weight is 270 g/mol. The van der Waals surface area contributed by atoms with Crippen LogP contribution in [0.15, 0.2) is 41.1 Å². The Morgan fingerprint density at radius 3 is 2.95 bits per heavy atom. The normalized spacial score (nSPS) is 12.9. The smallest absolute Gasteiger partial charge is 0.138 e. The molecular weight excluding hydrogens is 252 g/mol. The summed E-state index contributed by atoms with van der Waals surface area (Å²) in [5, 5.41) is 8.62. The fourth-order valence-electron chi connectivity index (χ4n) is 2.41. The number of likely N-dealkylation sites (N-methyl/N-ethyl adjacent to an activating group) is 1. The van der Waals surface area contributed by atoms with Crippen molar-refractivity contribution in [1.82, 2.24) is 20.1 Å². The minimum atomic E-state index is 0.0944. The SMILES string of the molecule is CCn1ncnc1CC(NC)c1cc2ccccc2o1. The Morgan fingerprint density at radius 1 is 1.35 bits per heavy atom. The number of aryl methyl sites for hydroxylation is 1. The fourth-order valence-corrected chi connectivity index (χ4v) is 2.41. The molecule has 0 saturated heterocycles. The Kier molecular flexibility index (Phi) is 3.52. The lowest BCUT2D eigenvalue weighted by atomic mass is 10.1. The Balaban J connectivity index is 1.89. The van der Waals surface area contributed by atoms with Gasteiger partial charge in [0, 0.05) is 18.4 Å². The van der Waals surface area contributed by atoms with E-state index < -0.39 is 0 Å². The molecule has 1 aromatic carbocycles. The van der Waals surface area contributed by atoms with Crippen molar-refractivity contribution in [3.05, 3.63) is 48.2 Å². The Labute approximate surface area is 117 Å². The van der Waals surface area contributed by atoms with Crippen LogP contribution in [0.3, 0.4) is 0 Å². The third-order valence-electron chi connectivity index (χ3n) is 3.52. The standard InChI is InChI=1S/C15H18N4O/c1-3-19-15(17-10-18-19)9-12(16-2)14-8-11-6-4-5-7-13(11)20-14/h4-8,10,12,16H,3,9H2,1-2H3. The van der Waals surface area contributed by atoms with Gasteiger partial charge < -0.3 is 9.73 Å². The predicted octanol–water partition coefficient (Wildman–Crippen LogP) is 2.55. The number of benzene rings is 1. The highest BCUT2D eigenvalue weighted by Gasteiger charge is 2.17. The van der Waals surface area contributed by atoms with Crippen LogP contribution in [0, 0.1) is 0 Å². The highest BCUT2D eigenvalue weighted by Crippen LogP contribution is 2.25. The highest BCUT2D eigenvalue weighted by atomic mass is 16.3. The zero-order valence-corrected chi connectivity index (χ0v) is 11.7. The summed E-state index contributed by atoms with van der Waals surface area (Å²) < 4.78 is 7.83. The van der Waals surface area contributed by atoms with E-state index in [0.29, 0.717) is 0 Å². The highest BCUT2D eigenvalue weighted by molar-refractivity contribution is 5.77. The lowest BCUT2D eigenvalue weighted by molar-refractivity contribution is 0.436. The molecule has 3 rings (SSSR count). The van der Waals surface area contributed by atoms with E-state index in [9.17, 15) is 0 Å². The molecule has 2 heterocycles. The van der Waals surface area contributed by atoms with Crippen LogP contribution in [0.5, 0.6) is 0 Å². The van der Waals surface area contributed by atoms with E-state index in [-0.39, 0.29) is 6.04 Å². The van der Waals surface area contributed by atoms with Crippen molar-refractivity contribution < 1.29 is 4.42 Å². The summed E-state index contributed by atoms with van der Waals surface area (Å²) in [6.45, 7) is 2.89. The van der Waals surface area contributed by atoms with Gasteiger partial charge in [0.25, 0.3) is 0 Å². The zero-order valence-electron chi connectivity index (χ0n) is 11.7. The van der Waals surface area contributed by atoms with E-state index >= 15 is 0 Å². The first kappa shape index (κ1) is 12.9. The van der Waals surface area contributed by atoms with Gasteiger partial charge in [0.1, 0.15) is 23.5 Å². The Morgan fingerprint density at radius 2 is 2.20 bits per heavy atom. The molecule has 3 aromatic rings. The van der Waals surface area contributed by atoms with Crippen LogP contribution in [-0.2, 0) is 13.0 Å². The van der Waals surface area contributed by atoms with Crippen LogP contribution in [0.4, 0.5) is 0 Å². The van der Waals surface area contributed by atoms with Gasteiger partial charge in [0.15, 0.2) is 0 Å². The van der Waals surface area contributed by atoms with Gasteiger partial charge in [0.2, 0.25) is 0 Å². The molecule has 0 radical (unpaired) electrons. The van der Waals surface area contributed by atoms with Crippen LogP contribution in [-0.4, -0.2) is 21.8 Å². The van der Waals surface area contributed by atoms with Crippen molar-refractivity contribution in [2.75, 3.05) is 7.05 Å². The molecule has 0 fully saturated rings. The number of furan rings is 1. The Bertz CT molecular complexity index is 668. The predicted molar refractivity (Wildman–Crippen MR) is 77.4 cm³/mol. The first-order valence-corrected chi connectivity index (χ1v) is 6.84. The molecule has 0 aliphatic heterocycles. The molecule has 2 aromatic heterocycles. The third-order valence-corrected chi connectivity index (χ3v) is 3.52. The molecule has 0 aliphatic rings. The molecule has 1 N–H and O–H groups in total. The van der Waals surface area contributed by atoms with E-state index in [2.05, 4.69) is 34.5 Å². The summed E-state index contributed by atoms with van der Waals surface area (Å²) in [6, 6.07) is 10.2. The molecule has 5 nitrogen and oxygen atoms in total. The number of nitrogens with one attached hydrogen (secondary N) is 1. The lowest BCUT2D eigenvalue weighted by Gasteiger charge is -2.13. The number of fused-ring (bicyclic) bond motifs is 1. The van der Waals surface area contributed by atoms with Gasteiger partial charge in [-0.3, -0.25) is 4.68 Å². The van der Waals surface area contributed by atoms with Crippen LogP contribution in [0.25, 0.3) is 11.0 Å². The molecule has 5 heteroatoms. The quantitative estimate of drug-likeness (QED) is 0.774. The molecule has 1 atom stereocenters. The summed E-state index contributed by atoms with van der Waals surface area (Å²) in [5.74, 6) is 1.90. The van der Waals surface area contributed by atoms with Gasteiger partial charge in [-0.15, -0.1) is 0 Å². The summed E-state index contributed by atoms with van der Waals surface area (Å²) in [7, 11) is 1.94. The molecular formula is C15H18N4O. The topological polar surface area (TPSA) is 55.9 Å². The monoisotopic (exact) mass is 270 g/mol. The molecule has 0 aliphatic carbocycles. The first-order chi connectivity index (χ1) is 9.81. The molecule has 0 amide bonds. The van der Waals surface area contributed by atoms with Crippen LogP contribution in [0.2, 0.25) is 0 Å². The van der Waals surface area contributed by atoms with Gasteiger partial charge in [-0.2, -0.15) is 5.10 Å². The van der Waals surface area contributed by atoms with E-state index in [1.165, 1.54) is 0 Å². The second-order valence-electron chi connectivity index (χ2n) is 4.72. The van der Waals surface area contributed by atoms with Crippen molar-refractivity contribution in [2.24, 2.45) is 0 Å². The number of para-hydroxylation sites is 1. The van der Waals surface area contributed by atoms with Crippen molar-refractivity contribution >= 4 is 11.0 Å². The second-order valence-corrected chi connectivity index (χ2v) is 4.72. The average Bonchev–Trinajstić information content (AvgIpc) is 3.10. The fraction of sp³-hybridized carbons (Fsp3) is 0.333. The maximum absolute atomic E-state index is 5.92. The zero-order chi connectivity index (χ0) is 13.9. The van der Waals surface area contributed by atoms with Gasteiger partial charge in [-0.1, -0.05) is 18.2 Å². The maximum atomic E-state index is 5.92. The van der Waals surface area contributed by atoms with E-state index in [1.807, 2.05) is 29.9 Å². The summed E-state index contributed by atoms with van der Waals surface area (Å²) in [5.41, 5.74) is 0.916. The summed E-state index contributed by atoms with van der Waals surface area (Å²) in [6.07, 6.45) is 2.36. The van der Waals surface area contributed by atoms with Crippen LogP contribution < -0.4 is 5.32 Å². The molecule has 1 unspecified atom stereocenters. The number of hydrogen-bond acceptors (Lipinski definition) is 4. The van der Waals surface area contributed by atoms with E-state index in [0.717, 1.165) is 35.5 Å². The summed E-state index contributed by atoms with van der Waals surface area (Å²) >= 11 is 0. The van der Waals surface area contributed by atoms with Crippen LogP contribution in [0.1, 0.15) is 24.6 Å². The third kappa shape index (κ3) is 2.32. The van der Waals surface area contributed by atoms with Crippen molar-refractivity contribution in [1.29, 1.82) is 0 Å². The number of aromatic nitrogens is 3. The number of hydrogen-bond donors (Lipinski definition) is 1. The minimum Gasteiger partial charge on any atom is -0.459 e. The minimum absolute atomic E-state index is 0.0944. The molecule has 20 heavy (non-hydrogen) atoms. The lowest BCUT2D eigenvalue weighted by Crippen LogP contribution is -2.20. The van der Waals surface area contributed by atoms with Crippen LogP contribution >= 0.6 is 0 Å². The van der Waals surface area contributed by atoms with Gasteiger partial charge >= 0.3 is 0 Å². The van der Waals surface area contributed by atoms with Gasteiger partial charge in [-0.25, -0.2) is 4.98 Å². The molecule has 0 bridgehead atoms. The van der Waals surface area contributed by atoms with E-state index in [1.54, 1.807) is 6.33 Å². The number of rotatable bonds is 5. The van der Waals surface area contributed by atoms with Gasteiger partial charge in [0.05, 0.1) is 6.04 Å². The van der Waals surface area contributed by atoms with E-state index in [4.69, 9.17) is 4.42 Å². The number of nitrogens with zero attached hydrogens (tertiary/aromatic N) is 3. The maximum Gasteiger partial charge on any atom is 0.138 e. The first-order valence-electron chi connectivity index (χ1n) is 6.84. The summed E-state index contributed by atoms with van der Waals surface area (Å²) in [4.78, 5) is 4.32. The van der Waals surface area contributed by atoms with Gasteiger partial charge in [-0.05, 0) is 26.1 Å². The second kappa shape index (κ2) is 5.46. The Hall–Kier alpha value is -2.14. The molecule has 0 spiro atoms. The molecule has 0 saturated carbocycles.